The predicted molar refractivity (Wildman–Crippen MR) is 75.7 cm³/mol. The maximum absolute atomic E-state index is 12.2. The van der Waals surface area contributed by atoms with E-state index in [9.17, 15) is 9.59 Å². The molecule has 0 saturated carbocycles. The SMILES string of the molecule is CCOC(=O)Nc1cn(CC(=O)N2CCCCCC2)nn1. The zero-order valence-corrected chi connectivity index (χ0v) is 12.2. The maximum Gasteiger partial charge on any atom is 0.412 e. The van der Waals surface area contributed by atoms with Gasteiger partial charge in [0.05, 0.1) is 12.8 Å². The first-order valence-electron chi connectivity index (χ1n) is 7.30. The smallest absolute Gasteiger partial charge is 0.412 e. The van der Waals surface area contributed by atoms with Gasteiger partial charge in [0.25, 0.3) is 0 Å². The molecule has 0 aromatic carbocycles. The van der Waals surface area contributed by atoms with Crippen molar-refractivity contribution in [3.8, 4) is 0 Å². The molecule has 1 aromatic heterocycles. The molecule has 0 spiro atoms. The molecule has 21 heavy (non-hydrogen) atoms. The average Bonchev–Trinajstić information content (AvgIpc) is 2.73. The van der Waals surface area contributed by atoms with Crippen molar-refractivity contribution in [2.45, 2.75) is 39.2 Å². The van der Waals surface area contributed by atoms with Crippen molar-refractivity contribution in [2.24, 2.45) is 0 Å². The molecule has 1 fully saturated rings. The van der Waals surface area contributed by atoms with E-state index in [-0.39, 0.29) is 24.9 Å². The summed E-state index contributed by atoms with van der Waals surface area (Å²) in [7, 11) is 0. The first kappa shape index (κ1) is 15.3. The van der Waals surface area contributed by atoms with Crippen molar-refractivity contribution in [1.29, 1.82) is 0 Å². The normalized spacial score (nSPS) is 15.4. The molecular formula is C13H21N5O3. The van der Waals surface area contributed by atoms with E-state index in [4.69, 9.17) is 4.74 Å². The average molecular weight is 295 g/mol. The second kappa shape index (κ2) is 7.61. The van der Waals surface area contributed by atoms with Gasteiger partial charge in [-0.1, -0.05) is 18.1 Å². The van der Waals surface area contributed by atoms with Crippen LogP contribution in [0.3, 0.4) is 0 Å². The minimum Gasteiger partial charge on any atom is -0.450 e. The van der Waals surface area contributed by atoms with Crippen LogP contribution in [0.25, 0.3) is 0 Å². The predicted octanol–water partition coefficient (Wildman–Crippen LogP) is 1.25. The Morgan fingerprint density at radius 1 is 1.29 bits per heavy atom. The van der Waals surface area contributed by atoms with Crippen LogP contribution in [-0.4, -0.2) is 51.6 Å². The third-order valence-electron chi connectivity index (χ3n) is 3.30. The third-order valence-corrected chi connectivity index (χ3v) is 3.30. The Morgan fingerprint density at radius 2 is 2.00 bits per heavy atom. The number of carbonyl (C=O) groups is 2. The summed E-state index contributed by atoms with van der Waals surface area (Å²) >= 11 is 0. The zero-order valence-electron chi connectivity index (χ0n) is 12.2. The fraction of sp³-hybridized carbons (Fsp3) is 0.692. The Morgan fingerprint density at radius 3 is 2.67 bits per heavy atom. The van der Waals surface area contributed by atoms with Crippen LogP contribution >= 0.6 is 0 Å². The summed E-state index contributed by atoms with van der Waals surface area (Å²) < 4.78 is 6.17. The Bertz CT molecular complexity index is 480. The van der Waals surface area contributed by atoms with Crippen LogP contribution in [0.1, 0.15) is 32.6 Å². The van der Waals surface area contributed by atoms with Crippen LogP contribution in [0, 0.1) is 0 Å². The Balaban J connectivity index is 1.86. The second-order valence-corrected chi connectivity index (χ2v) is 4.94. The van der Waals surface area contributed by atoms with Gasteiger partial charge < -0.3 is 9.64 Å². The molecule has 116 valence electrons. The van der Waals surface area contributed by atoms with E-state index in [0.29, 0.717) is 0 Å². The van der Waals surface area contributed by atoms with Crippen molar-refractivity contribution in [2.75, 3.05) is 25.0 Å². The zero-order chi connectivity index (χ0) is 15.1. The van der Waals surface area contributed by atoms with Gasteiger partial charge in [-0.15, -0.1) is 5.10 Å². The van der Waals surface area contributed by atoms with E-state index in [1.165, 1.54) is 23.7 Å². The van der Waals surface area contributed by atoms with Gasteiger partial charge in [0.15, 0.2) is 5.82 Å². The molecule has 1 aliphatic heterocycles. The van der Waals surface area contributed by atoms with Crippen LogP contribution in [0.4, 0.5) is 10.6 Å². The minimum absolute atomic E-state index is 0.0319. The van der Waals surface area contributed by atoms with E-state index >= 15 is 0 Å². The Kier molecular flexibility index (Phi) is 5.53. The molecule has 1 N–H and O–H groups in total. The molecule has 8 heteroatoms. The summed E-state index contributed by atoms with van der Waals surface area (Å²) in [5, 5.41) is 10.1. The number of likely N-dealkylation sites (tertiary alicyclic amines) is 1. The molecule has 0 bridgehead atoms. The minimum atomic E-state index is -0.580. The van der Waals surface area contributed by atoms with E-state index in [2.05, 4.69) is 15.6 Å². The number of nitrogens with zero attached hydrogens (tertiary/aromatic N) is 4. The largest absolute Gasteiger partial charge is 0.450 e. The lowest BCUT2D eigenvalue weighted by Crippen LogP contribution is -2.34. The van der Waals surface area contributed by atoms with Crippen molar-refractivity contribution < 1.29 is 14.3 Å². The molecule has 1 saturated heterocycles. The van der Waals surface area contributed by atoms with E-state index in [1.54, 1.807) is 6.92 Å². The number of ether oxygens (including phenoxy) is 1. The Hall–Kier alpha value is -2.12. The highest BCUT2D eigenvalue weighted by Gasteiger charge is 2.16. The molecule has 8 nitrogen and oxygen atoms in total. The van der Waals surface area contributed by atoms with Crippen molar-refractivity contribution >= 4 is 17.8 Å². The quantitative estimate of drug-likeness (QED) is 0.903. The molecule has 0 radical (unpaired) electrons. The lowest BCUT2D eigenvalue weighted by Gasteiger charge is -2.19. The first-order valence-corrected chi connectivity index (χ1v) is 7.30. The summed E-state index contributed by atoms with van der Waals surface area (Å²) in [4.78, 5) is 25.3. The fourth-order valence-electron chi connectivity index (χ4n) is 2.26. The summed E-state index contributed by atoms with van der Waals surface area (Å²) in [5.74, 6) is 0.307. The van der Waals surface area contributed by atoms with Gasteiger partial charge in [-0.05, 0) is 19.8 Å². The van der Waals surface area contributed by atoms with Gasteiger partial charge in [0, 0.05) is 13.1 Å². The van der Waals surface area contributed by atoms with Crippen LogP contribution in [0.15, 0.2) is 6.20 Å². The van der Waals surface area contributed by atoms with E-state index < -0.39 is 6.09 Å². The molecule has 0 unspecified atom stereocenters. The summed E-state index contributed by atoms with van der Waals surface area (Å²) in [6.07, 6.45) is 5.41. The molecule has 1 aromatic rings. The lowest BCUT2D eigenvalue weighted by molar-refractivity contribution is -0.132. The van der Waals surface area contributed by atoms with Gasteiger partial charge in [-0.2, -0.15) is 0 Å². The van der Waals surface area contributed by atoms with Crippen molar-refractivity contribution in [3.05, 3.63) is 6.20 Å². The number of aromatic nitrogens is 3. The molecule has 1 aliphatic rings. The van der Waals surface area contributed by atoms with Crippen LogP contribution < -0.4 is 5.32 Å². The van der Waals surface area contributed by atoms with E-state index in [0.717, 1.165) is 25.9 Å². The van der Waals surface area contributed by atoms with E-state index in [1.807, 2.05) is 4.90 Å². The topological polar surface area (TPSA) is 89.4 Å². The molecule has 0 aliphatic carbocycles. The van der Waals surface area contributed by atoms with Gasteiger partial charge in [0.2, 0.25) is 5.91 Å². The maximum atomic E-state index is 12.2. The van der Waals surface area contributed by atoms with Crippen molar-refractivity contribution in [3.63, 3.8) is 0 Å². The number of rotatable bonds is 4. The molecule has 2 amide bonds. The highest BCUT2D eigenvalue weighted by molar-refractivity contribution is 5.83. The van der Waals surface area contributed by atoms with Crippen LogP contribution in [-0.2, 0) is 16.1 Å². The fourth-order valence-corrected chi connectivity index (χ4v) is 2.26. The second-order valence-electron chi connectivity index (χ2n) is 4.94. The highest BCUT2D eigenvalue weighted by atomic mass is 16.5. The van der Waals surface area contributed by atoms with Gasteiger partial charge in [-0.25, -0.2) is 9.48 Å². The first-order chi connectivity index (χ1) is 10.2. The number of hydrogen-bond acceptors (Lipinski definition) is 5. The lowest BCUT2D eigenvalue weighted by atomic mass is 10.2. The summed E-state index contributed by atoms with van der Waals surface area (Å²) in [5.41, 5.74) is 0. The molecule has 0 atom stereocenters. The van der Waals surface area contributed by atoms with Gasteiger partial charge in [-0.3, -0.25) is 10.1 Å². The molecule has 2 rings (SSSR count). The number of carbonyl (C=O) groups excluding carboxylic acids is 2. The summed E-state index contributed by atoms with van der Waals surface area (Å²) in [6, 6.07) is 0. The summed E-state index contributed by atoms with van der Waals surface area (Å²) in [6.45, 7) is 3.75. The van der Waals surface area contributed by atoms with Gasteiger partial charge >= 0.3 is 6.09 Å². The molecule has 2 heterocycles. The number of nitrogens with one attached hydrogen (secondary N) is 1. The number of amides is 2. The standard InChI is InChI=1S/C13H21N5O3/c1-2-21-13(20)14-11-9-18(16-15-11)10-12(19)17-7-5-3-4-6-8-17/h9H,2-8,10H2,1H3,(H,14,20). The van der Waals surface area contributed by atoms with Crippen LogP contribution in [0.5, 0.6) is 0 Å². The van der Waals surface area contributed by atoms with Crippen molar-refractivity contribution in [1.82, 2.24) is 19.9 Å². The van der Waals surface area contributed by atoms with Gasteiger partial charge in [0.1, 0.15) is 6.54 Å². The third kappa shape index (κ3) is 4.73. The highest BCUT2D eigenvalue weighted by Crippen LogP contribution is 2.10. The Labute approximate surface area is 123 Å². The number of hydrogen-bond donors (Lipinski definition) is 1. The number of anilines is 1. The molecular weight excluding hydrogens is 274 g/mol. The monoisotopic (exact) mass is 295 g/mol. The van der Waals surface area contributed by atoms with Crippen LogP contribution in [0.2, 0.25) is 0 Å².